The first kappa shape index (κ1) is 15.1. The smallest absolute Gasteiger partial charge is 0.315 e. The molecule has 0 aromatic carbocycles. The highest BCUT2D eigenvalue weighted by atomic mass is 16.5. The van der Waals surface area contributed by atoms with Crippen LogP contribution in [-0.2, 0) is 9.53 Å². The van der Waals surface area contributed by atoms with Gasteiger partial charge in [0.05, 0.1) is 12.0 Å². The third-order valence-electron chi connectivity index (χ3n) is 4.60. The van der Waals surface area contributed by atoms with Gasteiger partial charge in [0.1, 0.15) is 0 Å². The van der Waals surface area contributed by atoms with Crippen LogP contribution in [0.3, 0.4) is 0 Å². The van der Waals surface area contributed by atoms with E-state index in [0.717, 1.165) is 38.5 Å². The molecular formula is C14H24N2O4. The Bertz CT molecular complexity index is 375. The zero-order chi connectivity index (χ0) is 14.6. The number of urea groups is 1. The molecule has 2 aliphatic carbocycles. The van der Waals surface area contributed by atoms with Crippen molar-refractivity contribution in [1.29, 1.82) is 0 Å². The van der Waals surface area contributed by atoms with Crippen molar-refractivity contribution >= 4 is 12.0 Å². The molecule has 6 heteroatoms. The van der Waals surface area contributed by atoms with Crippen LogP contribution in [-0.4, -0.2) is 42.9 Å². The van der Waals surface area contributed by atoms with Gasteiger partial charge < -0.3 is 20.5 Å². The zero-order valence-corrected chi connectivity index (χ0v) is 12.0. The molecule has 20 heavy (non-hydrogen) atoms. The van der Waals surface area contributed by atoms with E-state index in [2.05, 4.69) is 10.6 Å². The Hall–Kier alpha value is -1.30. The number of nitrogens with one attached hydrogen (secondary N) is 2. The number of carboxylic acids is 1. The molecule has 2 amide bonds. The van der Waals surface area contributed by atoms with Gasteiger partial charge in [-0.2, -0.15) is 0 Å². The maximum absolute atomic E-state index is 11.9. The Morgan fingerprint density at radius 2 is 1.95 bits per heavy atom. The van der Waals surface area contributed by atoms with E-state index in [4.69, 9.17) is 9.84 Å². The van der Waals surface area contributed by atoms with Crippen LogP contribution >= 0.6 is 0 Å². The number of hydrogen-bond donors (Lipinski definition) is 3. The minimum absolute atomic E-state index is 0.00916. The molecular weight excluding hydrogens is 260 g/mol. The maximum Gasteiger partial charge on any atom is 0.315 e. The van der Waals surface area contributed by atoms with Gasteiger partial charge >= 0.3 is 12.0 Å². The highest BCUT2D eigenvalue weighted by Gasteiger charge is 2.43. The summed E-state index contributed by atoms with van der Waals surface area (Å²) in [6, 6.07) is -0.241. The third-order valence-corrected chi connectivity index (χ3v) is 4.60. The summed E-state index contributed by atoms with van der Waals surface area (Å²) in [6.45, 7) is 1.36. The van der Waals surface area contributed by atoms with Gasteiger partial charge in [0.25, 0.3) is 0 Å². The number of ether oxygens (including phenoxy) is 1. The van der Waals surface area contributed by atoms with Gasteiger partial charge in [-0.05, 0) is 43.9 Å². The summed E-state index contributed by atoms with van der Waals surface area (Å²) >= 11 is 0. The second-order valence-electron chi connectivity index (χ2n) is 6.25. The molecule has 0 saturated heterocycles. The Labute approximate surface area is 119 Å². The van der Waals surface area contributed by atoms with Crippen LogP contribution in [0.1, 0.15) is 44.9 Å². The van der Waals surface area contributed by atoms with Gasteiger partial charge in [-0.15, -0.1) is 0 Å². The van der Waals surface area contributed by atoms with E-state index >= 15 is 0 Å². The van der Waals surface area contributed by atoms with Crippen molar-refractivity contribution < 1.29 is 19.4 Å². The number of carbonyl (C=O) groups is 2. The second kappa shape index (κ2) is 5.99. The van der Waals surface area contributed by atoms with Crippen molar-refractivity contribution in [2.75, 3.05) is 20.3 Å². The topological polar surface area (TPSA) is 87.7 Å². The van der Waals surface area contributed by atoms with Crippen molar-refractivity contribution in [3.05, 3.63) is 0 Å². The fourth-order valence-corrected chi connectivity index (χ4v) is 2.80. The fourth-order valence-electron chi connectivity index (χ4n) is 2.80. The SMILES string of the molecule is COCCC1(CNC(=O)NC2(CC(=O)O)CCC2)CC1. The summed E-state index contributed by atoms with van der Waals surface area (Å²) in [5.41, 5.74) is -0.327. The van der Waals surface area contributed by atoms with Gasteiger partial charge in [-0.1, -0.05) is 0 Å². The highest BCUT2D eigenvalue weighted by molar-refractivity contribution is 5.77. The highest BCUT2D eigenvalue weighted by Crippen LogP contribution is 2.48. The molecule has 0 bridgehead atoms. The summed E-state index contributed by atoms with van der Waals surface area (Å²) in [4.78, 5) is 22.8. The molecule has 2 rings (SSSR count). The zero-order valence-electron chi connectivity index (χ0n) is 12.0. The molecule has 2 aliphatic rings. The monoisotopic (exact) mass is 284 g/mol. The van der Waals surface area contributed by atoms with Crippen molar-refractivity contribution in [3.8, 4) is 0 Å². The predicted molar refractivity (Wildman–Crippen MR) is 73.5 cm³/mol. The van der Waals surface area contributed by atoms with Crippen LogP contribution < -0.4 is 10.6 Å². The van der Waals surface area contributed by atoms with E-state index in [1.54, 1.807) is 7.11 Å². The van der Waals surface area contributed by atoms with Crippen LogP contribution in [0.4, 0.5) is 4.79 Å². The molecule has 6 nitrogen and oxygen atoms in total. The lowest BCUT2D eigenvalue weighted by Crippen LogP contribution is -2.57. The average Bonchev–Trinajstić information content (AvgIpc) is 3.11. The molecule has 0 aromatic rings. The fraction of sp³-hybridized carbons (Fsp3) is 0.857. The number of carboxylic acid groups (broad SMARTS) is 1. The average molecular weight is 284 g/mol. The van der Waals surface area contributed by atoms with E-state index in [-0.39, 0.29) is 17.9 Å². The number of amides is 2. The van der Waals surface area contributed by atoms with Crippen molar-refractivity contribution in [2.45, 2.75) is 50.5 Å². The largest absolute Gasteiger partial charge is 0.481 e. The lowest BCUT2D eigenvalue weighted by Gasteiger charge is -2.41. The van der Waals surface area contributed by atoms with Crippen molar-refractivity contribution in [2.24, 2.45) is 5.41 Å². The molecule has 2 fully saturated rings. The normalized spacial score (nSPS) is 21.6. The van der Waals surface area contributed by atoms with Gasteiger partial charge in [0.2, 0.25) is 0 Å². The first-order chi connectivity index (χ1) is 9.49. The molecule has 0 unspecified atom stereocenters. The summed E-state index contributed by atoms with van der Waals surface area (Å²) in [5.74, 6) is -0.858. The molecule has 0 atom stereocenters. The van der Waals surface area contributed by atoms with Crippen LogP contribution in [0.2, 0.25) is 0 Å². The van der Waals surface area contributed by atoms with Crippen LogP contribution in [0.15, 0.2) is 0 Å². The number of hydrogen-bond acceptors (Lipinski definition) is 3. The summed E-state index contributed by atoms with van der Waals surface area (Å²) in [7, 11) is 1.68. The van der Waals surface area contributed by atoms with Crippen LogP contribution in [0.5, 0.6) is 0 Å². The van der Waals surface area contributed by atoms with E-state index in [0.29, 0.717) is 13.2 Å². The van der Waals surface area contributed by atoms with E-state index in [1.165, 1.54) is 0 Å². The first-order valence-electron chi connectivity index (χ1n) is 7.26. The Kier molecular flexibility index (Phi) is 4.52. The third kappa shape index (κ3) is 3.85. The quantitative estimate of drug-likeness (QED) is 0.630. The van der Waals surface area contributed by atoms with Gasteiger partial charge in [0, 0.05) is 20.3 Å². The lowest BCUT2D eigenvalue weighted by molar-refractivity contribution is -0.139. The summed E-state index contributed by atoms with van der Waals surface area (Å²) in [5, 5.41) is 14.7. The minimum Gasteiger partial charge on any atom is -0.481 e. The molecule has 0 aliphatic heterocycles. The minimum atomic E-state index is -0.858. The van der Waals surface area contributed by atoms with E-state index in [1.807, 2.05) is 0 Å². The van der Waals surface area contributed by atoms with Gasteiger partial charge in [-0.3, -0.25) is 4.79 Å². The van der Waals surface area contributed by atoms with E-state index in [9.17, 15) is 9.59 Å². The van der Waals surface area contributed by atoms with Gasteiger partial charge in [0.15, 0.2) is 0 Å². The Morgan fingerprint density at radius 1 is 1.25 bits per heavy atom. The van der Waals surface area contributed by atoms with Gasteiger partial charge in [-0.25, -0.2) is 4.79 Å². The predicted octanol–water partition coefficient (Wildman–Crippen LogP) is 1.50. The molecule has 0 radical (unpaired) electrons. The molecule has 0 aromatic heterocycles. The van der Waals surface area contributed by atoms with Crippen LogP contribution in [0.25, 0.3) is 0 Å². The van der Waals surface area contributed by atoms with Crippen molar-refractivity contribution in [1.82, 2.24) is 10.6 Å². The van der Waals surface area contributed by atoms with E-state index < -0.39 is 11.5 Å². The number of methoxy groups -OCH3 is 1. The lowest BCUT2D eigenvalue weighted by atomic mass is 9.74. The Balaban J connectivity index is 1.73. The number of aliphatic carboxylic acids is 1. The number of rotatable bonds is 8. The maximum atomic E-state index is 11.9. The van der Waals surface area contributed by atoms with Crippen LogP contribution in [0, 0.1) is 5.41 Å². The molecule has 3 N–H and O–H groups in total. The molecule has 114 valence electrons. The van der Waals surface area contributed by atoms with Crippen molar-refractivity contribution in [3.63, 3.8) is 0 Å². The molecule has 0 heterocycles. The summed E-state index contributed by atoms with van der Waals surface area (Å²) in [6.07, 6.45) is 5.70. The molecule has 0 spiro atoms. The summed E-state index contributed by atoms with van der Waals surface area (Å²) < 4.78 is 5.08. The first-order valence-corrected chi connectivity index (χ1v) is 7.26. The standard InChI is InChI=1S/C14H24N2O4/c1-20-8-7-13(5-6-13)10-15-12(19)16-14(3-2-4-14)9-11(17)18/h2-10H2,1H3,(H,17,18)(H2,15,16,19). The Morgan fingerprint density at radius 3 is 2.40 bits per heavy atom. The second-order valence-corrected chi connectivity index (χ2v) is 6.25. The molecule has 2 saturated carbocycles. The number of carbonyl (C=O) groups excluding carboxylic acids is 1.